The fraction of sp³-hybridized carbons (Fsp3) is 0.542. The Morgan fingerprint density at radius 3 is 2.31 bits per heavy atom. The van der Waals surface area contributed by atoms with Gasteiger partial charge in [-0.25, -0.2) is 9.37 Å². The zero-order chi connectivity index (χ0) is 22.3. The minimum atomic E-state index is -0.363. The van der Waals surface area contributed by atoms with E-state index in [1.54, 1.807) is 18.2 Å². The second kappa shape index (κ2) is 10.7. The smallest absolute Gasteiger partial charge is 0.236 e. The number of halogens is 1. The Hall–Kier alpha value is -2.74. The molecule has 0 aliphatic carbocycles. The third-order valence-electron chi connectivity index (χ3n) is 6.29. The number of nitrogens with zero attached hydrogens (tertiary/aromatic N) is 4. The van der Waals surface area contributed by atoms with Crippen LogP contribution in [0.5, 0.6) is 0 Å². The third-order valence-corrected chi connectivity index (χ3v) is 6.29. The van der Waals surface area contributed by atoms with Gasteiger partial charge in [0.1, 0.15) is 5.82 Å². The zero-order valence-electron chi connectivity index (χ0n) is 18.5. The molecule has 4 rings (SSSR count). The summed E-state index contributed by atoms with van der Waals surface area (Å²) >= 11 is 0. The fourth-order valence-corrected chi connectivity index (χ4v) is 4.35. The molecule has 0 radical (unpaired) electrons. The number of rotatable bonds is 6. The van der Waals surface area contributed by atoms with Crippen molar-refractivity contribution in [1.82, 2.24) is 19.7 Å². The van der Waals surface area contributed by atoms with Crippen LogP contribution in [0.2, 0.25) is 0 Å². The molecule has 7 nitrogen and oxygen atoms in total. The lowest BCUT2D eigenvalue weighted by atomic mass is 10.2. The molecule has 8 heteroatoms. The maximum absolute atomic E-state index is 13.9. The van der Waals surface area contributed by atoms with Crippen molar-refractivity contribution in [3.63, 3.8) is 0 Å². The van der Waals surface area contributed by atoms with E-state index >= 15 is 0 Å². The van der Waals surface area contributed by atoms with Gasteiger partial charge in [-0.3, -0.25) is 14.5 Å². The normalized spacial score (nSPS) is 17.9. The van der Waals surface area contributed by atoms with Crippen LogP contribution in [0.3, 0.4) is 0 Å². The number of hydrogen-bond acceptors (Lipinski definition) is 5. The van der Waals surface area contributed by atoms with Gasteiger partial charge in [0.15, 0.2) is 11.7 Å². The van der Waals surface area contributed by atoms with Crippen LogP contribution in [0.25, 0.3) is 11.3 Å². The van der Waals surface area contributed by atoms with Crippen molar-refractivity contribution in [2.24, 2.45) is 0 Å². The predicted octanol–water partition coefficient (Wildman–Crippen LogP) is 2.96. The number of aromatic nitrogens is 1. The minimum Gasteiger partial charge on any atom is -0.441 e. The Kier molecular flexibility index (Phi) is 7.52. The van der Waals surface area contributed by atoms with Crippen LogP contribution >= 0.6 is 0 Å². The number of carbonyl (C=O) groups excluding carboxylic acids is 2. The van der Waals surface area contributed by atoms with E-state index in [0.29, 0.717) is 62.8 Å². The van der Waals surface area contributed by atoms with Crippen LogP contribution < -0.4 is 0 Å². The highest BCUT2D eigenvalue weighted by molar-refractivity contribution is 5.78. The third kappa shape index (κ3) is 5.73. The molecule has 0 atom stereocenters. The summed E-state index contributed by atoms with van der Waals surface area (Å²) < 4.78 is 19.5. The Balaban J connectivity index is 1.20. The van der Waals surface area contributed by atoms with Gasteiger partial charge in [-0.2, -0.15) is 0 Å². The highest BCUT2D eigenvalue weighted by Gasteiger charge is 2.24. The van der Waals surface area contributed by atoms with Gasteiger partial charge in [0.05, 0.1) is 18.3 Å². The molecule has 0 saturated carbocycles. The van der Waals surface area contributed by atoms with E-state index in [4.69, 9.17) is 4.42 Å². The second-order valence-electron chi connectivity index (χ2n) is 8.55. The molecule has 2 aromatic rings. The minimum absolute atomic E-state index is 0.0501. The maximum atomic E-state index is 13.9. The first kappa shape index (κ1) is 22.5. The first-order valence-corrected chi connectivity index (χ1v) is 11.6. The van der Waals surface area contributed by atoms with Crippen molar-refractivity contribution in [3.05, 3.63) is 42.2 Å². The van der Waals surface area contributed by atoms with Crippen molar-refractivity contribution >= 4 is 11.8 Å². The Labute approximate surface area is 188 Å². The largest absolute Gasteiger partial charge is 0.441 e. The van der Waals surface area contributed by atoms with Crippen LogP contribution in [0.1, 0.15) is 38.0 Å². The summed E-state index contributed by atoms with van der Waals surface area (Å²) in [5.41, 5.74) is 0.364. The number of oxazole rings is 1. The number of benzene rings is 1. The van der Waals surface area contributed by atoms with Gasteiger partial charge in [-0.15, -0.1) is 0 Å². The number of piperazine rings is 1. The van der Waals surface area contributed by atoms with Gasteiger partial charge in [-0.1, -0.05) is 25.0 Å². The lowest BCUT2D eigenvalue weighted by Gasteiger charge is -2.35. The van der Waals surface area contributed by atoms with Crippen molar-refractivity contribution in [2.45, 2.75) is 38.5 Å². The topological polar surface area (TPSA) is 69.9 Å². The monoisotopic (exact) mass is 442 g/mol. The molecular formula is C24H31FN4O3. The first-order chi connectivity index (χ1) is 15.6. The van der Waals surface area contributed by atoms with Crippen LogP contribution in [-0.4, -0.2) is 77.3 Å². The number of amides is 2. The van der Waals surface area contributed by atoms with E-state index in [1.165, 1.54) is 25.1 Å². The molecule has 172 valence electrons. The van der Waals surface area contributed by atoms with Crippen LogP contribution in [0.4, 0.5) is 4.39 Å². The van der Waals surface area contributed by atoms with E-state index in [2.05, 4.69) is 9.88 Å². The van der Waals surface area contributed by atoms with Gasteiger partial charge >= 0.3 is 0 Å². The quantitative estimate of drug-likeness (QED) is 0.688. The van der Waals surface area contributed by atoms with E-state index in [9.17, 15) is 14.0 Å². The van der Waals surface area contributed by atoms with E-state index in [1.807, 2.05) is 9.80 Å². The summed E-state index contributed by atoms with van der Waals surface area (Å²) in [6, 6.07) is 6.38. The molecule has 0 N–H and O–H groups in total. The molecule has 2 fully saturated rings. The standard InChI is InChI=1S/C24H31FN4O3/c25-20-8-4-3-7-19(20)21-17-26-22(32-21)9-10-23(30)29-15-13-27(14-16-29)18-24(31)28-11-5-1-2-6-12-28/h3-4,7-8,17H,1-2,5-6,9-16,18H2. The van der Waals surface area contributed by atoms with Gasteiger partial charge in [0.25, 0.3) is 0 Å². The van der Waals surface area contributed by atoms with E-state index in [0.717, 1.165) is 25.9 Å². The van der Waals surface area contributed by atoms with Gasteiger partial charge in [0.2, 0.25) is 11.8 Å². The molecule has 2 saturated heterocycles. The van der Waals surface area contributed by atoms with Crippen LogP contribution in [-0.2, 0) is 16.0 Å². The zero-order valence-corrected chi connectivity index (χ0v) is 18.5. The molecule has 2 aliphatic rings. The molecule has 2 aliphatic heterocycles. The average molecular weight is 443 g/mol. The number of aryl methyl sites for hydroxylation is 1. The van der Waals surface area contributed by atoms with E-state index in [-0.39, 0.29) is 17.6 Å². The average Bonchev–Trinajstić information content (AvgIpc) is 3.10. The Morgan fingerprint density at radius 1 is 0.906 bits per heavy atom. The molecule has 0 bridgehead atoms. The lowest BCUT2D eigenvalue weighted by molar-refractivity contribution is -0.135. The van der Waals surface area contributed by atoms with Gasteiger partial charge in [-0.05, 0) is 25.0 Å². The Morgan fingerprint density at radius 2 is 1.59 bits per heavy atom. The SMILES string of the molecule is O=C(CCc1ncc(-c2ccccc2F)o1)N1CCN(CC(=O)N2CCCCCC2)CC1. The maximum Gasteiger partial charge on any atom is 0.236 e. The molecule has 0 unspecified atom stereocenters. The summed E-state index contributed by atoms with van der Waals surface area (Å²) in [5.74, 6) is 0.695. The predicted molar refractivity (Wildman–Crippen MR) is 118 cm³/mol. The fourth-order valence-electron chi connectivity index (χ4n) is 4.35. The van der Waals surface area contributed by atoms with E-state index < -0.39 is 0 Å². The van der Waals surface area contributed by atoms with Crippen molar-refractivity contribution in [3.8, 4) is 11.3 Å². The summed E-state index contributed by atoms with van der Waals surface area (Å²) in [6.45, 7) is 4.85. The first-order valence-electron chi connectivity index (χ1n) is 11.6. The lowest BCUT2D eigenvalue weighted by Crippen LogP contribution is -2.51. The van der Waals surface area contributed by atoms with Gasteiger partial charge in [0, 0.05) is 52.1 Å². The number of carbonyl (C=O) groups is 2. The van der Waals surface area contributed by atoms with Crippen molar-refractivity contribution in [2.75, 3.05) is 45.8 Å². The molecule has 1 aromatic heterocycles. The molecule has 0 spiro atoms. The van der Waals surface area contributed by atoms with Crippen LogP contribution in [0, 0.1) is 5.82 Å². The summed E-state index contributed by atoms with van der Waals surface area (Å²) in [4.78, 5) is 35.4. The molecule has 2 amide bonds. The number of hydrogen-bond donors (Lipinski definition) is 0. The highest BCUT2D eigenvalue weighted by Crippen LogP contribution is 2.23. The van der Waals surface area contributed by atoms with Gasteiger partial charge < -0.3 is 14.2 Å². The Bertz CT molecular complexity index is 915. The highest BCUT2D eigenvalue weighted by atomic mass is 19.1. The second-order valence-corrected chi connectivity index (χ2v) is 8.55. The summed E-state index contributed by atoms with van der Waals surface area (Å²) in [7, 11) is 0. The molecule has 32 heavy (non-hydrogen) atoms. The van der Waals surface area contributed by atoms with Crippen molar-refractivity contribution < 1.29 is 18.4 Å². The van der Waals surface area contributed by atoms with Crippen molar-refractivity contribution in [1.29, 1.82) is 0 Å². The van der Waals surface area contributed by atoms with Crippen LogP contribution in [0.15, 0.2) is 34.9 Å². The summed E-state index contributed by atoms with van der Waals surface area (Å²) in [5, 5.41) is 0. The molecular weight excluding hydrogens is 411 g/mol. The summed E-state index contributed by atoms with van der Waals surface area (Å²) in [6.07, 6.45) is 6.79. The molecule has 3 heterocycles. The number of likely N-dealkylation sites (tertiary alicyclic amines) is 1. The molecule has 1 aromatic carbocycles.